The summed E-state index contributed by atoms with van der Waals surface area (Å²) >= 11 is 0. The van der Waals surface area contributed by atoms with E-state index in [0.717, 1.165) is 23.4 Å². The van der Waals surface area contributed by atoms with Crippen molar-refractivity contribution < 1.29 is 9.59 Å². The summed E-state index contributed by atoms with van der Waals surface area (Å²) in [5, 5.41) is 5.51. The van der Waals surface area contributed by atoms with Crippen LogP contribution in [0.2, 0.25) is 0 Å². The lowest BCUT2D eigenvalue weighted by Crippen LogP contribution is -2.34. The van der Waals surface area contributed by atoms with Crippen molar-refractivity contribution in [3.8, 4) is 0 Å². The fourth-order valence-electron chi connectivity index (χ4n) is 2.25. The number of carbonyl (C=O) groups excluding carboxylic acids is 2. The van der Waals surface area contributed by atoms with Crippen LogP contribution in [-0.4, -0.2) is 32.5 Å². The minimum Gasteiger partial charge on any atom is -0.378 e. The molecule has 5 heteroatoms. The van der Waals surface area contributed by atoms with E-state index < -0.39 is 0 Å². The van der Waals surface area contributed by atoms with Crippen molar-refractivity contribution in [1.29, 1.82) is 0 Å². The topological polar surface area (TPSA) is 61.4 Å². The second-order valence-corrected chi connectivity index (χ2v) is 5.98. The maximum absolute atomic E-state index is 11.9. The molecule has 2 amide bonds. The highest BCUT2D eigenvalue weighted by atomic mass is 16.2. The lowest BCUT2D eigenvalue weighted by Gasteiger charge is -2.15. The van der Waals surface area contributed by atoms with Gasteiger partial charge in [0.25, 0.3) is 0 Å². The Bertz CT molecular complexity index is 554. The predicted molar refractivity (Wildman–Crippen MR) is 84.4 cm³/mol. The van der Waals surface area contributed by atoms with Gasteiger partial charge in [-0.25, -0.2) is 0 Å². The summed E-state index contributed by atoms with van der Waals surface area (Å²) in [5.74, 6) is 0.336. The SMILES string of the molecule is Cc1cc(N(C)C)ccc1NC(=O)CNC(=O)[C@H]1C[C@@H]1C. The maximum atomic E-state index is 11.9. The largest absolute Gasteiger partial charge is 0.378 e. The molecule has 1 saturated carbocycles. The first kappa shape index (κ1) is 15.4. The monoisotopic (exact) mass is 289 g/mol. The number of hydrogen-bond acceptors (Lipinski definition) is 3. The Kier molecular flexibility index (Phi) is 4.50. The molecule has 2 N–H and O–H groups in total. The highest BCUT2D eigenvalue weighted by Crippen LogP contribution is 2.37. The Morgan fingerprint density at radius 1 is 1.33 bits per heavy atom. The summed E-state index contributed by atoms with van der Waals surface area (Å²) in [5.41, 5.74) is 2.86. The van der Waals surface area contributed by atoms with Crippen LogP contribution in [0.1, 0.15) is 18.9 Å². The fourth-order valence-corrected chi connectivity index (χ4v) is 2.25. The molecule has 5 nitrogen and oxygen atoms in total. The summed E-state index contributed by atoms with van der Waals surface area (Å²) < 4.78 is 0. The van der Waals surface area contributed by atoms with Gasteiger partial charge < -0.3 is 15.5 Å². The third-order valence-electron chi connectivity index (χ3n) is 3.87. The van der Waals surface area contributed by atoms with E-state index in [9.17, 15) is 9.59 Å². The van der Waals surface area contributed by atoms with Crippen molar-refractivity contribution >= 4 is 23.2 Å². The van der Waals surface area contributed by atoms with E-state index >= 15 is 0 Å². The van der Waals surface area contributed by atoms with E-state index in [2.05, 4.69) is 10.6 Å². The number of nitrogens with zero attached hydrogens (tertiary/aromatic N) is 1. The molecule has 0 unspecified atom stereocenters. The number of anilines is 2. The molecule has 114 valence electrons. The smallest absolute Gasteiger partial charge is 0.243 e. The van der Waals surface area contributed by atoms with Gasteiger partial charge in [-0.2, -0.15) is 0 Å². The number of carbonyl (C=O) groups is 2. The third-order valence-corrected chi connectivity index (χ3v) is 3.87. The van der Waals surface area contributed by atoms with Gasteiger partial charge >= 0.3 is 0 Å². The molecule has 0 bridgehead atoms. The van der Waals surface area contributed by atoms with Gasteiger partial charge in [0.15, 0.2) is 0 Å². The molecule has 21 heavy (non-hydrogen) atoms. The molecule has 2 rings (SSSR count). The Labute approximate surface area is 125 Å². The Balaban J connectivity index is 1.86. The molecule has 2 atom stereocenters. The second kappa shape index (κ2) is 6.16. The number of hydrogen-bond donors (Lipinski definition) is 2. The average molecular weight is 289 g/mol. The molecule has 1 aromatic rings. The van der Waals surface area contributed by atoms with Crippen molar-refractivity contribution in [3.63, 3.8) is 0 Å². The van der Waals surface area contributed by atoms with E-state index in [1.54, 1.807) is 0 Å². The van der Waals surface area contributed by atoms with Crippen molar-refractivity contribution in [1.82, 2.24) is 5.32 Å². The normalized spacial score (nSPS) is 19.8. The predicted octanol–water partition coefficient (Wildman–Crippen LogP) is 1.77. The zero-order valence-corrected chi connectivity index (χ0v) is 13.1. The number of amides is 2. The van der Waals surface area contributed by atoms with Crippen molar-refractivity contribution in [2.24, 2.45) is 11.8 Å². The third kappa shape index (κ3) is 3.97. The van der Waals surface area contributed by atoms with Gasteiger partial charge in [-0.3, -0.25) is 9.59 Å². The molecule has 1 fully saturated rings. The van der Waals surface area contributed by atoms with Crippen molar-refractivity contribution in [3.05, 3.63) is 23.8 Å². The molecule has 0 aromatic heterocycles. The minimum absolute atomic E-state index is 0.0164. The van der Waals surface area contributed by atoms with Crippen molar-refractivity contribution in [2.75, 3.05) is 30.9 Å². The van der Waals surface area contributed by atoms with Crippen LogP contribution >= 0.6 is 0 Å². The van der Waals surface area contributed by atoms with Crippen LogP contribution in [0.3, 0.4) is 0 Å². The summed E-state index contributed by atoms with van der Waals surface area (Å²) in [6.45, 7) is 4.02. The molecule has 1 aliphatic rings. The van der Waals surface area contributed by atoms with Gasteiger partial charge in [0, 0.05) is 31.4 Å². The van der Waals surface area contributed by atoms with Crippen LogP contribution < -0.4 is 15.5 Å². The maximum Gasteiger partial charge on any atom is 0.243 e. The summed E-state index contributed by atoms with van der Waals surface area (Å²) in [4.78, 5) is 25.5. The summed E-state index contributed by atoms with van der Waals surface area (Å²) in [6, 6.07) is 5.85. The van der Waals surface area contributed by atoms with Gasteiger partial charge in [0.05, 0.1) is 6.54 Å². The number of rotatable bonds is 5. The number of aryl methyl sites for hydroxylation is 1. The Morgan fingerprint density at radius 2 is 2.00 bits per heavy atom. The van der Waals surface area contributed by atoms with E-state index in [4.69, 9.17) is 0 Å². The van der Waals surface area contributed by atoms with Crippen LogP contribution in [0.5, 0.6) is 0 Å². The molecular weight excluding hydrogens is 266 g/mol. The van der Waals surface area contributed by atoms with E-state index in [1.165, 1.54) is 0 Å². The van der Waals surface area contributed by atoms with Crippen LogP contribution in [-0.2, 0) is 9.59 Å². The van der Waals surface area contributed by atoms with E-state index in [1.807, 2.05) is 51.0 Å². The zero-order chi connectivity index (χ0) is 15.6. The second-order valence-electron chi connectivity index (χ2n) is 5.98. The molecule has 0 heterocycles. The highest BCUT2D eigenvalue weighted by molar-refractivity contribution is 5.95. The van der Waals surface area contributed by atoms with Crippen molar-refractivity contribution in [2.45, 2.75) is 20.3 Å². The van der Waals surface area contributed by atoms with Crippen LogP contribution in [0.4, 0.5) is 11.4 Å². The van der Waals surface area contributed by atoms with E-state index in [0.29, 0.717) is 5.92 Å². The quantitative estimate of drug-likeness (QED) is 0.868. The lowest BCUT2D eigenvalue weighted by atomic mass is 10.1. The standard InChI is InChI=1S/C16H23N3O2/c1-10-8-13(10)16(21)17-9-15(20)18-14-6-5-12(19(3)4)7-11(14)2/h5-7,10,13H,8-9H2,1-4H3,(H,17,21)(H,18,20)/t10-,13-/m0/s1. The minimum atomic E-state index is -0.197. The summed E-state index contributed by atoms with van der Waals surface area (Å²) in [7, 11) is 3.95. The first-order chi connectivity index (χ1) is 9.88. The van der Waals surface area contributed by atoms with Crippen LogP contribution in [0.25, 0.3) is 0 Å². The van der Waals surface area contributed by atoms with Gasteiger partial charge in [0.1, 0.15) is 0 Å². The zero-order valence-electron chi connectivity index (χ0n) is 13.1. The molecule has 0 spiro atoms. The lowest BCUT2D eigenvalue weighted by molar-refractivity contribution is -0.125. The van der Waals surface area contributed by atoms with Gasteiger partial charge in [-0.1, -0.05) is 6.92 Å². The fraction of sp³-hybridized carbons (Fsp3) is 0.500. The first-order valence-electron chi connectivity index (χ1n) is 7.24. The van der Waals surface area contributed by atoms with Gasteiger partial charge in [0.2, 0.25) is 11.8 Å². The van der Waals surface area contributed by atoms with Crippen LogP contribution in [0.15, 0.2) is 18.2 Å². The molecule has 0 aliphatic heterocycles. The van der Waals surface area contributed by atoms with Gasteiger partial charge in [-0.15, -0.1) is 0 Å². The highest BCUT2D eigenvalue weighted by Gasteiger charge is 2.38. The van der Waals surface area contributed by atoms with Crippen LogP contribution in [0, 0.1) is 18.8 Å². The number of nitrogens with one attached hydrogen (secondary N) is 2. The number of benzene rings is 1. The Morgan fingerprint density at radius 3 is 2.52 bits per heavy atom. The molecule has 0 saturated heterocycles. The molecular formula is C16H23N3O2. The molecule has 1 aliphatic carbocycles. The first-order valence-corrected chi connectivity index (χ1v) is 7.24. The molecule has 1 aromatic carbocycles. The average Bonchev–Trinajstić information content (AvgIpc) is 3.15. The van der Waals surface area contributed by atoms with Gasteiger partial charge in [-0.05, 0) is 43.0 Å². The molecule has 0 radical (unpaired) electrons. The van der Waals surface area contributed by atoms with E-state index in [-0.39, 0.29) is 24.3 Å². The summed E-state index contributed by atoms with van der Waals surface area (Å²) in [6.07, 6.45) is 0.929. The Hall–Kier alpha value is -2.04.